The molecule has 0 bridgehead atoms. The Morgan fingerprint density at radius 3 is 2.93 bits per heavy atom. The van der Waals surface area contributed by atoms with Crippen molar-refractivity contribution in [2.45, 2.75) is 10.8 Å². The van der Waals surface area contributed by atoms with Gasteiger partial charge in [0.05, 0.1) is 10.8 Å². The summed E-state index contributed by atoms with van der Waals surface area (Å²) in [5.41, 5.74) is 0.987. The highest BCUT2D eigenvalue weighted by Gasteiger charge is 2.08. The molecule has 1 N–H and O–H groups in total. The van der Waals surface area contributed by atoms with Gasteiger partial charge in [0, 0.05) is 13.7 Å². The molecule has 4 heteroatoms. The van der Waals surface area contributed by atoms with Crippen molar-refractivity contribution in [3.8, 4) is 0 Å². The van der Waals surface area contributed by atoms with Gasteiger partial charge in [-0.1, -0.05) is 6.07 Å². The van der Waals surface area contributed by atoms with E-state index in [4.69, 9.17) is 5.11 Å². The number of thioether (sulfide) groups is 1. The zero-order valence-corrected chi connectivity index (χ0v) is 11.4. The van der Waals surface area contributed by atoms with Crippen LogP contribution in [0.5, 0.6) is 0 Å². The molecule has 0 unspecified atom stereocenters. The first-order valence-corrected chi connectivity index (χ1v) is 7.24. The first-order chi connectivity index (χ1) is 6.76. The van der Waals surface area contributed by atoms with Gasteiger partial charge in [-0.25, -0.2) is 0 Å². The zero-order valence-electron chi connectivity index (χ0n) is 7.58. The largest absolute Gasteiger partial charge is 0.392 e. The lowest BCUT2D eigenvalue weighted by Crippen LogP contribution is -1.81. The summed E-state index contributed by atoms with van der Waals surface area (Å²) >= 11 is 5.97. The summed E-state index contributed by atoms with van der Waals surface area (Å²) in [6.07, 6.45) is 2.10. The molecule has 1 aromatic heterocycles. The summed E-state index contributed by atoms with van der Waals surface area (Å²) in [5, 5.41) is 10.3. The number of aliphatic hydroxyl groups excluding tert-OH is 1. The van der Waals surface area contributed by atoms with E-state index in [2.05, 4.69) is 41.0 Å². The Bertz CT molecular complexity index is 464. The molecule has 0 saturated heterocycles. The van der Waals surface area contributed by atoms with Crippen molar-refractivity contribution >= 4 is 55.8 Å². The van der Waals surface area contributed by atoms with E-state index >= 15 is 0 Å². The average molecular weight is 336 g/mol. The third-order valence-electron chi connectivity index (χ3n) is 2.03. The van der Waals surface area contributed by atoms with Gasteiger partial charge < -0.3 is 5.11 Å². The van der Waals surface area contributed by atoms with E-state index in [1.54, 1.807) is 11.8 Å². The Morgan fingerprint density at radius 2 is 2.29 bits per heavy atom. The molecule has 0 spiro atoms. The van der Waals surface area contributed by atoms with Crippen LogP contribution in [0.15, 0.2) is 22.4 Å². The van der Waals surface area contributed by atoms with Crippen LogP contribution in [0.3, 0.4) is 0 Å². The van der Waals surface area contributed by atoms with Crippen LogP contribution < -0.4 is 0 Å². The number of hydrogen-bond acceptors (Lipinski definition) is 3. The quantitative estimate of drug-likeness (QED) is 0.666. The molecule has 2 aromatic rings. The highest BCUT2D eigenvalue weighted by atomic mass is 127. The topological polar surface area (TPSA) is 20.2 Å². The van der Waals surface area contributed by atoms with Gasteiger partial charge in [0.25, 0.3) is 0 Å². The monoisotopic (exact) mass is 336 g/mol. The lowest BCUT2D eigenvalue weighted by molar-refractivity contribution is 0.282. The predicted octanol–water partition coefficient (Wildman–Crippen LogP) is 3.72. The van der Waals surface area contributed by atoms with Crippen molar-refractivity contribution in [1.29, 1.82) is 0 Å². The van der Waals surface area contributed by atoms with E-state index in [9.17, 15) is 0 Å². The fourth-order valence-electron chi connectivity index (χ4n) is 1.32. The van der Waals surface area contributed by atoms with Crippen LogP contribution in [-0.2, 0) is 6.61 Å². The van der Waals surface area contributed by atoms with Crippen LogP contribution in [0.1, 0.15) is 5.56 Å². The fraction of sp³-hybridized carbons (Fsp3) is 0.200. The lowest BCUT2D eigenvalue weighted by atomic mass is 10.2. The second kappa shape index (κ2) is 4.38. The molecule has 0 aliphatic heterocycles. The summed E-state index contributed by atoms with van der Waals surface area (Å²) in [4.78, 5) is 0. The van der Waals surface area contributed by atoms with Gasteiger partial charge in [0.1, 0.15) is 0 Å². The fourth-order valence-corrected chi connectivity index (χ4v) is 4.64. The summed E-state index contributed by atoms with van der Waals surface area (Å²) in [6.45, 7) is 0.121. The van der Waals surface area contributed by atoms with Gasteiger partial charge in [-0.2, -0.15) is 0 Å². The summed E-state index contributed by atoms with van der Waals surface area (Å²) < 4.78 is 3.97. The highest BCUT2D eigenvalue weighted by molar-refractivity contribution is 14.1. The number of halogens is 1. The molecule has 0 aliphatic rings. The van der Waals surface area contributed by atoms with Gasteiger partial charge in [-0.15, -0.1) is 23.1 Å². The zero-order chi connectivity index (χ0) is 10.1. The standard InChI is InChI=1S/C10H9IOS2/c1-13-10-9(11)7-4-6(5-12)2-3-8(7)14-10/h2-4,12H,5H2,1H3. The van der Waals surface area contributed by atoms with Crippen LogP contribution in [-0.4, -0.2) is 11.4 Å². The number of benzene rings is 1. The van der Waals surface area contributed by atoms with Gasteiger partial charge in [-0.3, -0.25) is 0 Å². The Labute approximate surface area is 105 Å². The van der Waals surface area contributed by atoms with Crippen molar-refractivity contribution < 1.29 is 5.11 Å². The van der Waals surface area contributed by atoms with Crippen molar-refractivity contribution in [2.24, 2.45) is 0 Å². The Kier molecular flexibility index (Phi) is 3.36. The van der Waals surface area contributed by atoms with E-state index in [1.807, 2.05) is 17.4 Å². The van der Waals surface area contributed by atoms with Crippen LogP contribution in [0.25, 0.3) is 10.1 Å². The molecule has 14 heavy (non-hydrogen) atoms. The number of rotatable bonds is 2. The molecule has 0 saturated carbocycles. The SMILES string of the molecule is CSc1sc2ccc(CO)cc2c1I. The normalized spacial score (nSPS) is 11.1. The molecule has 2 rings (SSSR count). The minimum Gasteiger partial charge on any atom is -0.392 e. The van der Waals surface area contributed by atoms with Gasteiger partial charge in [0.2, 0.25) is 0 Å². The van der Waals surface area contributed by atoms with Crippen LogP contribution in [0.4, 0.5) is 0 Å². The van der Waals surface area contributed by atoms with Crippen LogP contribution in [0, 0.1) is 3.57 Å². The predicted molar refractivity (Wildman–Crippen MR) is 72.2 cm³/mol. The summed E-state index contributed by atoms with van der Waals surface area (Å²) in [5.74, 6) is 0. The highest BCUT2D eigenvalue weighted by Crippen LogP contribution is 2.38. The second-order valence-electron chi connectivity index (χ2n) is 2.90. The minimum absolute atomic E-state index is 0.121. The Hall–Kier alpha value is 0.220. The van der Waals surface area contributed by atoms with Crippen LogP contribution >= 0.6 is 45.7 Å². The number of thiophene rings is 1. The van der Waals surface area contributed by atoms with Gasteiger partial charge >= 0.3 is 0 Å². The first-order valence-electron chi connectivity index (χ1n) is 4.12. The maximum atomic E-state index is 9.05. The van der Waals surface area contributed by atoms with E-state index < -0.39 is 0 Å². The first kappa shape index (κ1) is 10.7. The molecular weight excluding hydrogens is 327 g/mol. The number of hydrogen-bond donors (Lipinski definition) is 1. The Balaban J connectivity index is 2.68. The third-order valence-corrected chi connectivity index (χ3v) is 6.17. The lowest BCUT2D eigenvalue weighted by Gasteiger charge is -1.95. The smallest absolute Gasteiger partial charge is 0.0742 e. The number of fused-ring (bicyclic) bond motifs is 1. The summed E-state index contributed by atoms with van der Waals surface area (Å²) in [7, 11) is 0. The molecule has 74 valence electrons. The Morgan fingerprint density at radius 1 is 1.50 bits per heavy atom. The van der Waals surface area contributed by atoms with Crippen molar-refractivity contribution in [3.05, 3.63) is 27.3 Å². The van der Waals surface area contributed by atoms with Gasteiger partial charge in [0.15, 0.2) is 0 Å². The molecule has 0 fully saturated rings. The molecule has 0 radical (unpaired) electrons. The average Bonchev–Trinajstić information content (AvgIpc) is 2.55. The molecule has 1 heterocycles. The van der Waals surface area contributed by atoms with E-state index in [-0.39, 0.29) is 6.61 Å². The van der Waals surface area contributed by atoms with Gasteiger partial charge in [-0.05, 0) is 46.5 Å². The van der Waals surface area contributed by atoms with Crippen molar-refractivity contribution in [3.63, 3.8) is 0 Å². The maximum absolute atomic E-state index is 9.05. The van der Waals surface area contributed by atoms with E-state index in [0.717, 1.165) is 5.56 Å². The molecule has 0 amide bonds. The van der Waals surface area contributed by atoms with Crippen LogP contribution in [0.2, 0.25) is 0 Å². The maximum Gasteiger partial charge on any atom is 0.0742 e. The third kappa shape index (κ3) is 1.80. The molecule has 0 aliphatic carbocycles. The van der Waals surface area contributed by atoms with E-state index in [0.29, 0.717) is 0 Å². The molecule has 1 nitrogen and oxygen atoms in total. The number of aliphatic hydroxyl groups is 1. The minimum atomic E-state index is 0.121. The molecular formula is C10H9IOS2. The molecule has 0 atom stereocenters. The van der Waals surface area contributed by atoms with E-state index in [1.165, 1.54) is 17.9 Å². The summed E-state index contributed by atoms with van der Waals surface area (Å²) in [6, 6.07) is 6.15. The molecule has 1 aromatic carbocycles. The second-order valence-corrected chi connectivity index (χ2v) is 6.10. The van der Waals surface area contributed by atoms with Crippen molar-refractivity contribution in [2.75, 3.05) is 6.26 Å². The van der Waals surface area contributed by atoms with Crippen molar-refractivity contribution in [1.82, 2.24) is 0 Å².